The number of aromatic nitrogens is 4. The quantitative estimate of drug-likeness (QED) is 0.520. The van der Waals surface area contributed by atoms with Crippen molar-refractivity contribution < 1.29 is 0 Å². The average molecular weight is 343 g/mol. The van der Waals surface area contributed by atoms with Crippen LogP contribution in [0.25, 0.3) is 22.1 Å². The minimum Gasteiger partial charge on any atom is -0.345 e. The summed E-state index contributed by atoms with van der Waals surface area (Å²) in [5.41, 5.74) is 4.34. The van der Waals surface area contributed by atoms with E-state index in [2.05, 4.69) is 41.5 Å². The van der Waals surface area contributed by atoms with Gasteiger partial charge in [0.05, 0.1) is 28.4 Å². The van der Waals surface area contributed by atoms with E-state index in [-0.39, 0.29) is 0 Å². The molecule has 2 aromatic carbocycles. The van der Waals surface area contributed by atoms with Crippen molar-refractivity contribution in [2.75, 3.05) is 0 Å². The number of fused-ring (bicyclic) bond motifs is 2. The molecule has 0 bridgehead atoms. The lowest BCUT2D eigenvalue weighted by Gasteiger charge is -1.95. The van der Waals surface area contributed by atoms with E-state index >= 15 is 0 Å². The smallest absolute Gasteiger partial charge is 0.106 e. The number of benzene rings is 2. The van der Waals surface area contributed by atoms with Gasteiger partial charge in [-0.3, -0.25) is 0 Å². The Kier molecular flexibility index (Phi) is 3.75. The Morgan fingerprint density at radius 3 is 2.71 bits per heavy atom. The van der Waals surface area contributed by atoms with E-state index in [1.54, 1.807) is 6.33 Å². The third-order valence-electron chi connectivity index (χ3n) is 3.39. The van der Waals surface area contributed by atoms with Crippen LogP contribution in [0, 0.1) is 6.92 Å². The van der Waals surface area contributed by atoms with Gasteiger partial charge in [0.25, 0.3) is 0 Å². The van der Waals surface area contributed by atoms with E-state index in [0.29, 0.717) is 0 Å². The zero-order valence-electron chi connectivity index (χ0n) is 11.8. The second-order valence-electron chi connectivity index (χ2n) is 4.77. The van der Waals surface area contributed by atoms with E-state index in [1.165, 1.54) is 5.52 Å². The minimum absolute atomic E-state index is 1.03. The molecule has 0 atom stereocenters. The third kappa shape index (κ3) is 2.83. The maximum atomic E-state index is 4.41. The molecule has 0 saturated carbocycles. The fourth-order valence-corrected chi connectivity index (χ4v) is 2.52. The summed E-state index contributed by atoms with van der Waals surface area (Å²) in [6.07, 6.45) is 1.70. The number of nitrogens with zero attached hydrogens (tertiary/aromatic N) is 3. The molecule has 2 aromatic heterocycles. The van der Waals surface area contributed by atoms with Gasteiger partial charge in [0, 0.05) is 11.5 Å². The molecule has 1 N–H and O–H groups in total. The number of nitrogens with one attached hydrogen (secondary N) is 1. The largest absolute Gasteiger partial charge is 0.345 e. The first-order valence-electron chi connectivity index (χ1n) is 6.62. The van der Waals surface area contributed by atoms with Crippen LogP contribution in [-0.2, 0) is 7.05 Å². The number of hydrogen-bond donors (Lipinski definition) is 1. The highest BCUT2D eigenvalue weighted by Crippen LogP contribution is 2.19. The van der Waals surface area contributed by atoms with E-state index in [0.717, 1.165) is 26.8 Å². The molecular formula is C16H15BrN4. The molecule has 0 aliphatic carbocycles. The molecule has 106 valence electrons. The van der Waals surface area contributed by atoms with Crippen molar-refractivity contribution in [1.82, 2.24) is 19.5 Å². The van der Waals surface area contributed by atoms with Crippen molar-refractivity contribution in [3.05, 3.63) is 59.1 Å². The standard InChI is InChI=1S/C9H9BrN2.C7H6N2/c1-6-11-8-5-7(10)3-4-9(8)12(6)2;1-2-4-7-6(3-1)8-5-9-7/h3-5H,1-2H3;1-5H,(H,8,9). The lowest BCUT2D eigenvalue weighted by atomic mass is 10.3. The first kappa shape index (κ1) is 13.8. The van der Waals surface area contributed by atoms with Crippen LogP contribution in [0.2, 0.25) is 0 Å². The summed E-state index contributed by atoms with van der Waals surface area (Å²) in [4.78, 5) is 11.5. The van der Waals surface area contributed by atoms with Gasteiger partial charge in [-0.15, -0.1) is 0 Å². The van der Waals surface area contributed by atoms with Crippen LogP contribution in [0.1, 0.15) is 5.82 Å². The molecule has 0 aliphatic rings. The first-order valence-corrected chi connectivity index (χ1v) is 7.41. The van der Waals surface area contributed by atoms with Gasteiger partial charge in [0.15, 0.2) is 0 Å². The van der Waals surface area contributed by atoms with Crippen LogP contribution >= 0.6 is 15.9 Å². The summed E-state index contributed by atoms with van der Waals surface area (Å²) in [5.74, 6) is 1.04. The van der Waals surface area contributed by atoms with Crippen LogP contribution < -0.4 is 0 Å². The highest BCUT2D eigenvalue weighted by Gasteiger charge is 2.02. The molecular weight excluding hydrogens is 328 g/mol. The summed E-state index contributed by atoms with van der Waals surface area (Å²) in [5, 5.41) is 0. The minimum atomic E-state index is 1.03. The predicted octanol–water partition coefficient (Wildman–Crippen LogP) is 4.21. The molecule has 0 spiro atoms. The molecule has 4 aromatic rings. The van der Waals surface area contributed by atoms with E-state index in [1.807, 2.05) is 50.4 Å². The Labute approximate surface area is 131 Å². The van der Waals surface area contributed by atoms with Gasteiger partial charge in [-0.05, 0) is 37.3 Å². The van der Waals surface area contributed by atoms with Crippen molar-refractivity contribution in [3.8, 4) is 0 Å². The number of rotatable bonds is 0. The molecule has 4 nitrogen and oxygen atoms in total. The Bertz CT molecular complexity index is 861. The normalized spacial score (nSPS) is 10.6. The van der Waals surface area contributed by atoms with Gasteiger partial charge in [0.2, 0.25) is 0 Å². The zero-order valence-corrected chi connectivity index (χ0v) is 13.4. The lowest BCUT2D eigenvalue weighted by molar-refractivity contribution is 0.886. The second-order valence-corrected chi connectivity index (χ2v) is 5.69. The molecule has 0 amide bonds. The fourth-order valence-electron chi connectivity index (χ4n) is 2.17. The van der Waals surface area contributed by atoms with Crippen LogP contribution in [0.4, 0.5) is 0 Å². The van der Waals surface area contributed by atoms with Crippen molar-refractivity contribution in [1.29, 1.82) is 0 Å². The van der Waals surface area contributed by atoms with E-state index in [9.17, 15) is 0 Å². The van der Waals surface area contributed by atoms with Crippen LogP contribution in [0.5, 0.6) is 0 Å². The maximum absolute atomic E-state index is 4.41. The van der Waals surface area contributed by atoms with Crippen molar-refractivity contribution in [2.45, 2.75) is 6.92 Å². The van der Waals surface area contributed by atoms with E-state index < -0.39 is 0 Å². The summed E-state index contributed by atoms with van der Waals surface area (Å²) in [7, 11) is 2.03. The number of imidazole rings is 2. The molecule has 21 heavy (non-hydrogen) atoms. The van der Waals surface area contributed by atoms with E-state index in [4.69, 9.17) is 0 Å². The number of aromatic amines is 1. The van der Waals surface area contributed by atoms with Crippen molar-refractivity contribution in [2.24, 2.45) is 7.05 Å². The number of para-hydroxylation sites is 2. The first-order chi connectivity index (χ1) is 10.1. The maximum Gasteiger partial charge on any atom is 0.106 e. The zero-order chi connectivity index (χ0) is 14.8. The second kappa shape index (κ2) is 5.69. The topological polar surface area (TPSA) is 46.5 Å². The highest BCUT2D eigenvalue weighted by atomic mass is 79.9. The van der Waals surface area contributed by atoms with Gasteiger partial charge in [0.1, 0.15) is 5.82 Å². The molecule has 4 rings (SSSR count). The molecule has 2 heterocycles. The fraction of sp³-hybridized carbons (Fsp3) is 0.125. The third-order valence-corrected chi connectivity index (χ3v) is 3.89. The summed E-state index contributed by atoms with van der Waals surface area (Å²) < 4.78 is 3.16. The summed E-state index contributed by atoms with van der Waals surface area (Å²) in [6, 6.07) is 14.1. The molecule has 0 radical (unpaired) electrons. The predicted molar refractivity (Wildman–Crippen MR) is 89.2 cm³/mol. The Morgan fingerprint density at radius 1 is 1.10 bits per heavy atom. The van der Waals surface area contributed by atoms with Crippen LogP contribution in [0.3, 0.4) is 0 Å². The Balaban J connectivity index is 0.000000131. The summed E-state index contributed by atoms with van der Waals surface area (Å²) in [6.45, 7) is 2.01. The molecule has 5 heteroatoms. The molecule has 0 aliphatic heterocycles. The highest BCUT2D eigenvalue weighted by molar-refractivity contribution is 9.10. The molecule has 0 fully saturated rings. The number of H-pyrrole nitrogens is 1. The Hall–Kier alpha value is -2.14. The number of hydrogen-bond acceptors (Lipinski definition) is 2. The number of aryl methyl sites for hydroxylation is 2. The SMILES string of the molecule is Cc1nc2cc(Br)ccc2n1C.c1ccc2[nH]cnc2c1. The van der Waals surface area contributed by atoms with Gasteiger partial charge in [-0.1, -0.05) is 28.1 Å². The van der Waals surface area contributed by atoms with Gasteiger partial charge < -0.3 is 9.55 Å². The number of halogens is 1. The van der Waals surface area contributed by atoms with Gasteiger partial charge in [-0.25, -0.2) is 9.97 Å². The van der Waals surface area contributed by atoms with Crippen molar-refractivity contribution in [3.63, 3.8) is 0 Å². The summed E-state index contributed by atoms with van der Waals surface area (Å²) >= 11 is 3.42. The van der Waals surface area contributed by atoms with Crippen LogP contribution in [0.15, 0.2) is 53.3 Å². The van der Waals surface area contributed by atoms with Gasteiger partial charge >= 0.3 is 0 Å². The molecule has 0 saturated heterocycles. The Morgan fingerprint density at radius 2 is 1.90 bits per heavy atom. The van der Waals surface area contributed by atoms with Crippen molar-refractivity contribution >= 4 is 38.0 Å². The average Bonchev–Trinajstić information content (AvgIpc) is 3.05. The van der Waals surface area contributed by atoms with Gasteiger partial charge in [-0.2, -0.15) is 0 Å². The monoisotopic (exact) mass is 342 g/mol. The molecule has 0 unspecified atom stereocenters. The lowest BCUT2D eigenvalue weighted by Crippen LogP contribution is -1.89. The van der Waals surface area contributed by atoms with Crippen LogP contribution in [-0.4, -0.2) is 19.5 Å².